The third kappa shape index (κ3) is 3.78. The van der Waals surface area contributed by atoms with Gasteiger partial charge in [-0.1, -0.05) is 22.0 Å². The van der Waals surface area contributed by atoms with Crippen LogP contribution in [-0.2, 0) is 11.2 Å². The number of hydrogen-bond donors (Lipinski definition) is 1. The number of fused-ring (bicyclic) bond motifs is 2. The molecule has 0 spiro atoms. The number of anilines is 1. The highest BCUT2D eigenvalue weighted by molar-refractivity contribution is 9.10. The standard InChI is InChI=1S/C24H22BrN5O/c1-15-13-30(21-8-7-16(12-26)23-18(21)4-3-10-27-23)14-22(31-15)24-28-11-9-17-19(25)5-2-6-20(17)29-24/h2-8,10,15,22H,9,11,13-14H2,1H3,(H,28,29)/t15-,22-/m1/s1. The third-order valence-corrected chi connectivity index (χ3v) is 6.53. The predicted octanol–water partition coefficient (Wildman–Crippen LogP) is 4.34. The Morgan fingerprint density at radius 3 is 2.97 bits per heavy atom. The fourth-order valence-electron chi connectivity index (χ4n) is 4.39. The van der Waals surface area contributed by atoms with Crippen LogP contribution >= 0.6 is 15.9 Å². The number of benzene rings is 2. The summed E-state index contributed by atoms with van der Waals surface area (Å²) >= 11 is 3.65. The summed E-state index contributed by atoms with van der Waals surface area (Å²) < 4.78 is 7.41. The summed E-state index contributed by atoms with van der Waals surface area (Å²) in [4.78, 5) is 11.7. The first-order chi connectivity index (χ1) is 15.1. The lowest BCUT2D eigenvalue weighted by molar-refractivity contribution is 0.0190. The predicted molar refractivity (Wildman–Crippen MR) is 126 cm³/mol. The Kier molecular flexibility index (Phi) is 5.34. The monoisotopic (exact) mass is 475 g/mol. The topological polar surface area (TPSA) is 73.5 Å². The van der Waals surface area contributed by atoms with Gasteiger partial charge in [0.2, 0.25) is 0 Å². The van der Waals surface area contributed by atoms with Crippen LogP contribution in [-0.4, -0.2) is 42.7 Å². The first kappa shape index (κ1) is 20.0. The van der Waals surface area contributed by atoms with Gasteiger partial charge in [0.05, 0.1) is 29.4 Å². The van der Waals surface area contributed by atoms with E-state index in [-0.39, 0.29) is 12.2 Å². The Labute approximate surface area is 189 Å². The minimum atomic E-state index is -0.170. The summed E-state index contributed by atoms with van der Waals surface area (Å²) in [5.41, 5.74) is 4.60. The lowest BCUT2D eigenvalue weighted by Gasteiger charge is -2.39. The second-order valence-electron chi connectivity index (χ2n) is 7.90. The molecule has 1 N–H and O–H groups in total. The van der Waals surface area contributed by atoms with Gasteiger partial charge in [0.25, 0.3) is 0 Å². The lowest BCUT2D eigenvalue weighted by atomic mass is 10.1. The molecule has 0 radical (unpaired) electrons. The first-order valence-electron chi connectivity index (χ1n) is 10.4. The van der Waals surface area contributed by atoms with Gasteiger partial charge in [0.15, 0.2) is 0 Å². The first-order valence-corrected chi connectivity index (χ1v) is 11.2. The molecule has 31 heavy (non-hydrogen) atoms. The van der Waals surface area contributed by atoms with Crippen LogP contribution in [0, 0.1) is 11.3 Å². The second kappa shape index (κ2) is 8.29. The van der Waals surface area contributed by atoms with Gasteiger partial charge in [-0.15, -0.1) is 0 Å². The highest BCUT2D eigenvalue weighted by Gasteiger charge is 2.31. The van der Waals surface area contributed by atoms with Crippen molar-refractivity contribution in [3.8, 4) is 6.07 Å². The summed E-state index contributed by atoms with van der Waals surface area (Å²) in [6.07, 6.45) is 2.51. The molecule has 5 rings (SSSR count). The number of nitrogens with zero attached hydrogens (tertiary/aromatic N) is 4. The van der Waals surface area contributed by atoms with Gasteiger partial charge < -0.3 is 15.0 Å². The zero-order valence-corrected chi connectivity index (χ0v) is 18.8. The van der Waals surface area contributed by atoms with E-state index in [1.807, 2.05) is 30.3 Å². The number of nitriles is 1. The zero-order valence-electron chi connectivity index (χ0n) is 17.2. The Balaban J connectivity index is 1.51. The van der Waals surface area contributed by atoms with E-state index in [0.717, 1.165) is 52.1 Å². The molecule has 2 aliphatic rings. The van der Waals surface area contributed by atoms with Gasteiger partial charge in [-0.25, -0.2) is 4.99 Å². The minimum absolute atomic E-state index is 0.0378. The minimum Gasteiger partial charge on any atom is -0.371 e. The van der Waals surface area contributed by atoms with Crippen molar-refractivity contribution in [2.45, 2.75) is 25.6 Å². The van der Waals surface area contributed by atoms with E-state index in [9.17, 15) is 5.26 Å². The van der Waals surface area contributed by atoms with Crippen LogP contribution in [0.3, 0.4) is 0 Å². The molecule has 0 aliphatic carbocycles. The van der Waals surface area contributed by atoms with Crippen LogP contribution in [0.4, 0.5) is 11.4 Å². The molecule has 0 saturated carbocycles. The fourth-order valence-corrected chi connectivity index (χ4v) is 4.95. The van der Waals surface area contributed by atoms with Crippen molar-refractivity contribution in [1.29, 1.82) is 5.26 Å². The number of pyridine rings is 1. The number of aliphatic imine (C=N–C) groups is 1. The van der Waals surface area contributed by atoms with E-state index in [0.29, 0.717) is 12.1 Å². The summed E-state index contributed by atoms with van der Waals surface area (Å²) in [6.45, 7) is 4.34. The van der Waals surface area contributed by atoms with Crippen molar-refractivity contribution in [2.75, 3.05) is 24.5 Å². The normalized spacial score (nSPS) is 20.9. The number of aromatic nitrogens is 1. The number of amidine groups is 1. The number of nitrogens with one attached hydrogen (secondary N) is 1. The quantitative estimate of drug-likeness (QED) is 0.596. The van der Waals surface area contributed by atoms with Crippen molar-refractivity contribution in [3.05, 3.63) is 64.3 Å². The summed E-state index contributed by atoms with van der Waals surface area (Å²) in [6, 6.07) is 16.2. The zero-order chi connectivity index (χ0) is 21.4. The number of rotatable bonds is 2. The van der Waals surface area contributed by atoms with Crippen LogP contribution in [0.1, 0.15) is 18.1 Å². The molecular weight excluding hydrogens is 454 g/mol. The fraction of sp³-hybridized carbons (Fsp3) is 0.292. The Hall–Kier alpha value is -2.95. The molecule has 0 amide bonds. The number of morpholine rings is 1. The van der Waals surface area contributed by atoms with Gasteiger partial charge in [0.1, 0.15) is 18.0 Å². The highest BCUT2D eigenvalue weighted by Crippen LogP contribution is 2.32. The Bertz CT molecular complexity index is 1220. The third-order valence-electron chi connectivity index (χ3n) is 5.79. The van der Waals surface area contributed by atoms with Crippen molar-refractivity contribution in [2.24, 2.45) is 4.99 Å². The summed E-state index contributed by atoms with van der Waals surface area (Å²) in [5, 5.41) is 13.9. The van der Waals surface area contributed by atoms with E-state index in [2.05, 4.69) is 56.3 Å². The molecule has 2 atom stereocenters. The average molecular weight is 476 g/mol. The van der Waals surface area contributed by atoms with Crippen LogP contribution in [0.25, 0.3) is 10.9 Å². The molecule has 3 heterocycles. The van der Waals surface area contributed by atoms with E-state index in [4.69, 9.17) is 9.73 Å². The SMILES string of the molecule is C[C@@H]1CN(c2ccc(C#N)c3ncccc23)C[C@H](C2=Nc3cccc(Br)c3CCN2)O1. The number of hydrogen-bond acceptors (Lipinski definition) is 6. The number of halogens is 1. The van der Waals surface area contributed by atoms with Gasteiger partial charge in [-0.2, -0.15) is 5.26 Å². The smallest absolute Gasteiger partial charge is 0.133 e. The van der Waals surface area contributed by atoms with Crippen LogP contribution in [0.15, 0.2) is 58.1 Å². The largest absolute Gasteiger partial charge is 0.371 e. The summed E-state index contributed by atoms with van der Waals surface area (Å²) in [7, 11) is 0. The molecule has 3 aromatic rings. The molecule has 2 aliphatic heterocycles. The van der Waals surface area contributed by atoms with Crippen LogP contribution in [0.5, 0.6) is 0 Å². The van der Waals surface area contributed by atoms with Crippen molar-refractivity contribution < 1.29 is 4.74 Å². The number of ether oxygens (including phenoxy) is 1. The van der Waals surface area contributed by atoms with Crippen molar-refractivity contribution in [1.82, 2.24) is 10.3 Å². The van der Waals surface area contributed by atoms with E-state index < -0.39 is 0 Å². The van der Waals surface area contributed by atoms with Crippen molar-refractivity contribution in [3.63, 3.8) is 0 Å². The Morgan fingerprint density at radius 2 is 2.10 bits per heavy atom. The summed E-state index contributed by atoms with van der Waals surface area (Å²) in [5.74, 6) is 0.865. The maximum absolute atomic E-state index is 9.47. The average Bonchev–Trinajstić information content (AvgIpc) is 3.01. The van der Waals surface area contributed by atoms with Crippen molar-refractivity contribution >= 4 is 44.0 Å². The molecule has 0 unspecified atom stereocenters. The van der Waals surface area contributed by atoms with E-state index in [1.165, 1.54) is 5.56 Å². The maximum atomic E-state index is 9.47. The molecule has 0 bridgehead atoms. The second-order valence-corrected chi connectivity index (χ2v) is 8.75. The van der Waals surface area contributed by atoms with Crippen LogP contribution in [0.2, 0.25) is 0 Å². The molecule has 7 heteroatoms. The highest BCUT2D eigenvalue weighted by atomic mass is 79.9. The van der Waals surface area contributed by atoms with Gasteiger partial charge >= 0.3 is 0 Å². The lowest BCUT2D eigenvalue weighted by Crippen LogP contribution is -2.53. The van der Waals surface area contributed by atoms with E-state index >= 15 is 0 Å². The molecule has 1 aromatic heterocycles. The maximum Gasteiger partial charge on any atom is 0.133 e. The molecule has 6 nitrogen and oxygen atoms in total. The van der Waals surface area contributed by atoms with Gasteiger partial charge in [-0.3, -0.25) is 4.98 Å². The van der Waals surface area contributed by atoms with Crippen LogP contribution < -0.4 is 10.2 Å². The Morgan fingerprint density at radius 1 is 1.19 bits per heavy atom. The molecule has 156 valence electrons. The van der Waals surface area contributed by atoms with Gasteiger partial charge in [-0.05, 0) is 55.3 Å². The molecule has 2 aromatic carbocycles. The van der Waals surface area contributed by atoms with E-state index in [1.54, 1.807) is 6.20 Å². The molecular formula is C24H22BrN5O. The molecule has 1 saturated heterocycles. The van der Waals surface area contributed by atoms with Gasteiger partial charge in [0, 0.05) is 34.8 Å². The molecule has 1 fully saturated rings.